The largest absolute Gasteiger partial charge is 0.346 e. The van der Waals surface area contributed by atoms with Crippen LogP contribution in [-0.2, 0) is 12.3 Å². The summed E-state index contributed by atoms with van der Waals surface area (Å²) in [5, 5.41) is 11.3. The van der Waals surface area contributed by atoms with E-state index in [1.54, 1.807) is 0 Å². The predicted octanol–water partition coefficient (Wildman–Crippen LogP) is 2.36. The highest BCUT2D eigenvalue weighted by Crippen LogP contribution is 2.36. The third kappa shape index (κ3) is 1.90. The molecule has 1 aromatic heterocycles. The standard InChI is InChI=1S/C17H21N2O/c1-13(2)19-16-6-4-5-11-18(16)12-17(19,20)15-9-7-14(3)8-10-15/h4-11,13,20H,12H2,1-3H3/q+1. The second kappa shape index (κ2) is 4.60. The quantitative estimate of drug-likeness (QED) is 0.847. The van der Waals surface area contributed by atoms with Crippen LogP contribution in [0.4, 0.5) is 5.82 Å². The summed E-state index contributed by atoms with van der Waals surface area (Å²) in [5.41, 5.74) is 1.17. The van der Waals surface area contributed by atoms with Crippen molar-refractivity contribution in [2.75, 3.05) is 4.90 Å². The van der Waals surface area contributed by atoms with Crippen molar-refractivity contribution in [1.82, 2.24) is 0 Å². The number of nitrogens with zero attached hydrogens (tertiary/aromatic N) is 2. The summed E-state index contributed by atoms with van der Waals surface area (Å²) in [6, 6.07) is 14.5. The van der Waals surface area contributed by atoms with E-state index in [4.69, 9.17) is 0 Å². The number of hydrogen-bond acceptors (Lipinski definition) is 2. The molecule has 1 N–H and O–H groups in total. The molecule has 0 bridgehead atoms. The van der Waals surface area contributed by atoms with Crippen molar-refractivity contribution in [3.63, 3.8) is 0 Å². The van der Waals surface area contributed by atoms with Gasteiger partial charge >= 0.3 is 0 Å². The van der Waals surface area contributed by atoms with E-state index in [0.717, 1.165) is 11.4 Å². The van der Waals surface area contributed by atoms with Gasteiger partial charge in [0.2, 0.25) is 0 Å². The molecule has 0 amide bonds. The van der Waals surface area contributed by atoms with E-state index in [9.17, 15) is 5.11 Å². The average Bonchev–Trinajstić information content (AvgIpc) is 2.72. The minimum absolute atomic E-state index is 0.220. The maximum atomic E-state index is 11.3. The third-order valence-electron chi connectivity index (χ3n) is 3.98. The summed E-state index contributed by atoms with van der Waals surface area (Å²) in [7, 11) is 0. The van der Waals surface area contributed by atoms with Gasteiger partial charge in [-0.25, -0.2) is 9.47 Å². The number of hydrogen-bond donors (Lipinski definition) is 1. The molecule has 0 fully saturated rings. The minimum atomic E-state index is -0.976. The van der Waals surface area contributed by atoms with Gasteiger partial charge in [0.15, 0.2) is 6.54 Å². The van der Waals surface area contributed by atoms with E-state index in [0.29, 0.717) is 6.54 Å². The zero-order valence-electron chi connectivity index (χ0n) is 12.2. The lowest BCUT2D eigenvalue weighted by Crippen LogP contribution is -2.48. The first-order valence-corrected chi connectivity index (χ1v) is 7.10. The van der Waals surface area contributed by atoms with Crippen molar-refractivity contribution in [2.24, 2.45) is 0 Å². The van der Waals surface area contributed by atoms with Crippen molar-refractivity contribution in [2.45, 2.75) is 39.1 Å². The number of aryl methyl sites for hydroxylation is 1. The van der Waals surface area contributed by atoms with Crippen LogP contribution in [0.2, 0.25) is 0 Å². The number of anilines is 1. The Morgan fingerprint density at radius 3 is 2.50 bits per heavy atom. The Balaban J connectivity index is 2.11. The molecule has 104 valence electrons. The second-order valence-electron chi connectivity index (χ2n) is 5.83. The second-order valence-corrected chi connectivity index (χ2v) is 5.83. The van der Waals surface area contributed by atoms with Gasteiger partial charge in [-0.3, -0.25) is 0 Å². The Morgan fingerprint density at radius 1 is 1.15 bits per heavy atom. The van der Waals surface area contributed by atoms with Crippen LogP contribution in [0.3, 0.4) is 0 Å². The monoisotopic (exact) mass is 269 g/mol. The van der Waals surface area contributed by atoms with Gasteiger partial charge in [0.05, 0.1) is 12.2 Å². The molecule has 0 saturated carbocycles. The van der Waals surface area contributed by atoms with Crippen LogP contribution in [0.5, 0.6) is 0 Å². The van der Waals surface area contributed by atoms with Gasteiger partial charge in [-0.2, -0.15) is 0 Å². The Bertz CT molecular complexity index is 621. The Kier molecular flexibility index (Phi) is 3.02. The SMILES string of the molecule is Cc1ccc(C2(O)C[n+]3ccccc3N2C(C)C)cc1. The van der Waals surface area contributed by atoms with E-state index in [1.807, 2.05) is 30.5 Å². The number of benzene rings is 1. The number of rotatable bonds is 2. The molecule has 3 rings (SSSR count). The van der Waals surface area contributed by atoms with Crippen LogP contribution in [0.15, 0.2) is 48.7 Å². The maximum absolute atomic E-state index is 11.3. The molecule has 1 aliphatic rings. The molecule has 20 heavy (non-hydrogen) atoms. The zero-order chi connectivity index (χ0) is 14.3. The van der Waals surface area contributed by atoms with Crippen LogP contribution in [0.1, 0.15) is 25.0 Å². The summed E-state index contributed by atoms with van der Waals surface area (Å²) < 4.78 is 2.11. The number of fused-ring (bicyclic) bond motifs is 1. The molecule has 2 aromatic rings. The predicted molar refractivity (Wildman–Crippen MR) is 79.3 cm³/mol. The van der Waals surface area contributed by atoms with Gasteiger partial charge < -0.3 is 5.11 Å². The maximum Gasteiger partial charge on any atom is 0.279 e. The number of pyridine rings is 1. The van der Waals surface area contributed by atoms with Gasteiger partial charge in [0, 0.05) is 11.6 Å². The first kappa shape index (κ1) is 13.1. The molecule has 0 aliphatic carbocycles. The lowest BCUT2D eigenvalue weighted by atomic mass is 9.99. The van der Waals surface area contributed by atoms with E-state index in [1.165, 1.54) is 5.56 Å². The van der Waals surface area contributed by atoms with Crippen LogP contribution >= 0.6 is 0 Å². The summed E-state index contributed by atoms with van der Waals surface area (Å²) >= 11 is 0. The smallest absolute Gasteiger partial charge is 0.279 e. The Morgan fingerprint density at radius 2 is 1.85 bits per heavy atom. The van der Waals surface area contributed by atoms with Crippen molar-refractivity contribution in [3.8, 4) is 0 Å². The van der Waals surface area contributed by atoms with Gasteiger partial charge in [-0.15, -0.1) is 0 Å². The van der Waals surface area contributed by atoms with E-state index in [-0.39, 0.29) is 6.04 Å². The number of aromatic nitrogens is 1. The lowest BCUT2D eigenvalue weighted by Gasteiger charge is -2.30. The highest BCUT2D eigenvalue weighted by Gasteiger charge is 2.52. The fraction of sp³-hybridized carbons (Fsp3) is 0.353. The van der Waals surface area contributed by atoms with Crippen LogP contribution < -0.4 is 9.47 Å². The van der Waals surface area contributed by atoms with Crippen LogP contribution in [-0.4, -0.2) is 11.1 Å². The molecule has 1 aromatic carbocycles. The molecular formula is C17H21N2O+. The number of aliphatic hydroxyl groups is 1. The summed E-state index contributed by atoms with van der Waals surface area (Å²) in [6.07, 6.45) is 2.02. The third-order valence-corrected chi connectivity index (χ3v) is 3.98. The first-order valence-electron chi connectivity index (χ1n) is 7.10. The molecule has 0 saturated heterocycles. The van der Waals surface area contributed by atoms with Crippen molar-refractivity contribution < 1.29 is 9.67 Å². The summed E-state index contributed by atoms with van der Waals surface area (Å²) in [6.45, 7) is 6.85. The molecule has 1 aliphatic heterocycles. The topological polar surface area (TPSA) is 27.4 Å². The van der Waals surface area contributed by atoms with E-state index in [2.05, 4.69) is 48.4 Å². The van der Waals surface area contributed by atoms with E-state index >= 15 is 0 Å². The highest BCUT2D eigenvalue weighted by atomic mass is 16.3. The van der Waals surface area contributed by atoms with Crippen molar-refractivity contribution in [1.29, 1.82) is 0 Å². The fourth-order valence-corrected chi connectivity index (χ4v) is 3.07. The van der Waals surface area contributed by atoms with Crippen LogP contribution in [0, 0.1) is 6.92 Å². The molecule has 3 nitrogen and oxygen atoms in total. The average molecular weight is 269 g/mol. The zero-order valence-corrected chi connectivity index (χ0v) is 12.2. The van der Waals surface area contributed by atoms with Gasteiger partial charge in [-0.05, 0) is 26.8 Å². The first-order chi connectivity index (χ1) is 9.52. The molecule has 2 heterocycles. The summed E-state index contributed by atoms with van der Waals surface area (Å²) in [4.78, 5) is 2.09. The Hall–Kier alpha value is -1.87. The highest BCUT2D eigenvalue weighted by molar-refractivity contribution is 5.44. The van der Waals surface area contributed by atoms with Crippen molar-refractivity contribution >= 4 is 5.82 Å². The minimum Gasteiger partial charge on any atom is -0.346 e. The van der Waals surface area contributed by atoms with Crippen LogP contribution in [0.25, 0.3) is 0 Å². The molecular weight excluding hydrogens is 248 g/mol. The normalized spacial score (nSPS) is 21.4. The molecule has 1 atom stereocenters. The van der Waals surface area contributed by atoms with Gasteiger partial charge in [0.25, 0.3) is 11.5 Å². The molecule has 0 spiro atoms. The molecule has 3 heteroatoms. The van der Waals surface area contributed by atoms with Gasteiger partial charge in [-0.1, -0.05) is 35.9 Å². The Labute approximate surface area is 120 Å². The summed E-state index contributed by atoms with van der Waals surface area (Å²) in [5.74, 6) is 1.06. The molecule has 0 radical (unpaired) electrons. The molecule has 1 unspecified atom stereocenters. The van der Waals surface area contributed by atoms with E-state index < -0.39 is 5.72 Å². The fourth-order valence-electron chi connectivity index (χ4n) is 3.07. The van der Waals surface area contributed by atoms with Gasteiger partial charge in [0.1, 0.15) is 0 Å². The van der Waals surface area contributed by atoms with Crippen molar-refractivity contribution in [3.05, 3.63) is 59.8 Å². The lowest BCUT2D eigenvalue weighted by molar-refractivity contribution is -0.683.